The van der Waals surface area contributed by atoms with Crippen molar-refractivity contribution in [2.24, 2.45) is 16.8 Å². The van der Waals surface area contributed by atoms with E-state index >= 15 is 0 Å². The van der Waals surface area contributed by atoms with E-state index in [0.29, 0.717) is 13.1 Å². The third-order valence-electron chi connectivity index (χ3n) is 2.11. The van der Waals surface area contributed by atoms with E-state index in [2.05, 4.69) is 10.5 Å². The van der Waals surface area contributed by atoms with Crippen LogP contribution in [0.4, 0.5) is 0 Å². The molecule has 0 saturated carbocycles. The standard InChI is InChI=1S/C8H19N3O2/c1-6(7(2)11-13)4-10-5-8(12)3-9/h6-8,10,12H,3-5,9H2,1-2H3. The Labute approximate surface area is 78.7 Å². The van der Waals surface area contributed by atoms with Gasteiger partial charge in [0.15, 0.2) is 0 Å². The normalized spacial score (nSPS) is 17.8. The van der Waals surface area contributed by atoms with Crippen LogP contribution < -0.4 is 11.1 Å². The molecule has 0 radical (unpaired) electrons. The second kappa shape index (κ2) is 6.94. The molecule has 0 spiro atoms. The molecule has 0 heterocycles. The lowest BCUT2D eigenvalue weighted by molar-refractivity contribution is 0.177. The zero-order valence-electron chi connectivity index (χ0n) is 8.23. The molecule has 5 nitrogen and oxygen atoms in total. The number of aliphatic hydroxyl groups is 1. The van der Waals surface area contributed by atoms with Gasteiger partial charge in [0.1, 0.15) is 0 Å². The van der Waals surface area contributed by atoms with Crippen LogP contribution in [0.2, 0.25) is 0 Å². The largest absolute Gasteiger partial charge is 0.390 e. The number of nitrogens with one attached hydrogen (secondary N) is 1. The van der Waals surface area contributed by atoms with E-state index in [1.165, 1.54) is 0 Å². The molecule has 3 unspecified atom stereocenters. The molecule has 13 heavy (non-hydrogen) atoms. The van der Waals surface area contributed by atoms with E-state index in [-0.39, 0.29) is 18.5 Å². The summed E-state index contributed by atoms with van der Waals surface area (Å²) in [5.74, 6) is 0.183. The molecule has 0 bridgehead atoms. The number of hydrogen-bond donors (Lipinski definition) is 3. The second-order valence-corrected chi connectivity index (χ2v) is 3.37. The summed E-state index contributed by atoms with van der Waals surface area (Å²) >= 11 is 0. The molecular formula is C8H19N3O2. The van der Waals surface area contributed by atoms with Crippen LogP contribution in [-0.4, -0.2) is 36.9 Å². The van der Waals surface area contributed by atoms with Crippen molar-refractivity contribution >= 4 is 0 Å². The Morgan fingerprint density at radius 3 is 2.54 bits per heavy atom. The summed E-state index contributed by atoms with van der Waals surface area (Å²) in [5, 5.41) is 15.0. The van der Waals surface area contributed by atoms with Crippen LogP contribution >= 0.6 is 0 Å². The summed E-state index contributed by atoms with van der Waals surface area (Å²) in [6.45, 7) is 5.10. The Bertz CT molecular complexity index is 143. The molecule has 0 aromatic heterocycles. The van der Waals surface area contributed by atoms with Gasteiger partial charge in [-0.1, -0.05) is 12.1 Å². The first kappa shape index (κ1) is 12.5. The molecule has 0 fully saturated rings. The topological polar surface area (TPSA) is 87.7 Å². The van der Waals surface area contributed by atoms with Crippen LogP contribution in [0.15, 0.2) is 5.18 Å². The maximum atomic E-state index is 10.2. The first-order valence-corrected chi connectivity index (χ1v) is 4.53. The van der Waals surface area contributed by atoms with Crippen molar-refractivity contribution in [2.75, 3.05) is 19.6 Å². The van der Waals surface area contributed by atoms with E-state index in [9.17, 15) is 4.91 Å². The van der Waals surface area contributed by atoms with Gasteiger partial charge in [0, 0.05) is 13.1 Å². The zero-order chi connectivity index (χ0) is 10.3. The minimum atomic E-state index is -0.508. The van der Waals surface area contributed by atoms with Crippen molar-refractivity contribution in [1.82, 2.24) is 5.32 Å². The first-order valence-electron chi connectivity index (χ1n) is 4.53. The fourth-order valence-corrected chi connectivity index (χ4v) is 0.835. The van der Waals surface area contributed by atoms with Gasteiger partial charge in [-0.15, -0.1) is 0 Å². The fraction of sp³-hybridized carbons (Fsp3) is 1.00. The van der Waals surface area contributed by atoms with Crippen molar-refractivity contribution in [1.29, 1.82) is 0 Å². The molecule has 4 N–H and O–H groups in total. The van der Waals surface area contributed by atoms with E-state index in [1.807, 2.05) is 6.92 Å². The molecule has 0 amide bonds. The van der Waals surface area contributed by atoms with Gasteiger partial charge in [0.05, 0.1) is 12.1 Å². The third kappa shape index (κ3) is 5.68. The highest BCUT2D eigenvalue weighted by atomic mass is 16.3. The number of rotatable bonds is 7. The van der Waals surface area contributed by atoms with E-state index in [4.69, 9.17) is 10.8 Å². The maximum Gasteiger partial charge on any atom is 0.0929 e. The number of nitrogens with zero attached hydrogens (tertiary/aromatic N) is 1. The maximum absolute atomic E-state index is 10.2. The number of hydrogen-bond acceptors (Lipinski definition) is 5. The summed E-state index contributed by atoms with van der Waals surface area (Å²) < 4.78 is 0. The highest BCUT2D eigenvalue weighted by Crippen LogP contribution is 2.04. The highest BCUT2D eigenvalue weighted by Gasteiger charge is 2.11. The molecule has 0 rings (SSSR count). The molecular weight excluding hydrogens is 170 g/mol. The van der Waals surface area contributed by atoms with Crippen molar-refractivity contribution in [3.8, 4) is 0 Å². The number of nitrogens with two attached hydrogens (primary N) is 1. The molecule has 0 aliphatic rings. The summed E-state index contributed by atoms with van der Waals surface area (Å²) in [4.78, 5) is 10.2. The Hall–Kier alpha value is -0.520. The van der Waals surface area contributed by atoms with Crippen molar-refractivity contribution < 1.29 is 5.11 Å². The lowest BCUT2D eigenvalue weighted by Crippen LogP contribution is -2.36. The van der Waals surface area contributed by atoms with Crippen LogP contribution in [0.25, 0.3) is 0 Å². The van der Waals surface area contributed by atoms with Gasteiger partial charge in [-0.25, -0.2) is 0 Å². The average molecular weight is 189 g/mol. The Balaban J connectivity index is 3.47. The van der Waals surface area contributed by atoms with Gasteiger partial charge in [-0.05, 0) is 19.4 Å². The van der Waals surface area contributed by atoms with E-state index in [1.54, 1.807) is 6.92 Å². The van der Waals surface area contributed by atoms with Gasteiger partial charge in [-0.2, -0.15) is 4.91 Å². The molecule has 0 aromatic carbocycles. The predicted octanol–water partition coefficient (Wildman–Crippen LogP) is -0.313. The fourth-order valence-electron chi connectivity index (χ4n) is 0.835. The van der Waals surface area contributed by atoms with Crippen molar-refractivity contribution in [3.63, 3.8) is 0 Å². The predicted molar refractivity (Wildman–Crippen MR) is 52.4 cm³/mol. The summed E-state index contributed by atoms with van der Waals surface area (Å²) in [5.41, 5.74) is 5.22. The Kier molecular flexibility index (Phi) is 6.66. The molecule has 0 saturated heterocycles. The Morgan fingerprint density at radius 2 is 2.08 bits per heavy atom. The smallest absolute Gasteiger partial charge is 0.0929 e. The van der Waals surface area contributed by atoms with Crippen LogP contribution in [-0.2, 0) is 0 Å². The monoisotopic (exact) mass is 189 g/mol. The second-order valence-electron chi connectivity index (χ2n) is 3.37. The molecule has 78 valence electrons. The highest BCUT2D eigenvalue weighted by molar-refractivity contribution is 4.70. The van der Waals surface area contributed by atoms with Crippen molar-refractivity contribution in [2.45, 2.75) is 26.0 Å². The number of aliphatic hydroxyl groups excluding tert-OH is 1. The summed E-state index contributed by atoms with van der Waals surface area (Å²) in [6, 6.07) is -0.192. The first-order chi connectivity index (χ1) is 6.11. The van der Waals surface area contributed by atoms with Crippen molar-refractivity contribution in [3.05, 3.63) is 4.91 Å². The van der Waals surface area contributed by atoms with Crippen LogP contribution in [0.5, 0.6) is 0 Å². The van der Waals surface area contributed by atoms with Crippen LogP contribution in [0.3, 0.4) is 0 Å². The zero-order valence-corrected chi connectivity index (χ0v) is 8.23. The van der Waals surface area contributed by atoms with Crippen LogP contribution in [0, 0.1) is 10.8 Å². The lowest BCUT2D eigenvalue weighted by Gasteiger charge is -2.15. The minimum Gasteiger partial charge on any atom is -0.390 e. The van der Waals surface area contributed by atoms with E-state index in [0.717, 1.165) is 0 Å². The molecule has 5 heteroatoms. The Morgan fingerprint density at radius 1 is 1.46 bits per heavy atom. The quantitative estimate of drug-likeness (QED) is 0.479. The summed E-state index contributed by atoms with van der Waals surface area (Å²) in [6.07, 6.45) is -0.508. The molecule has 0 aliphatic carbocycles. The van der Waals surface area contributed by atoms with Crippen LogP contribution in [0.1, 0.15) is 13.8 Å². The van der Waals surface area contributed by atoms with E-state index < -0.39 is 6.10 Å². The average Bonchev–Trinajstić information content (AvgIpc) is 2.15. The van der Waals surface area contributed by atoms with Gasteiger partial charge < -0.3 is 16.2 Å². The van der Waals surface area contributed by atoms with Gasteiger partial charge in [0.25, 0.3) is 0 Å². The van der Waals surface area contributed by atoms with Gasteiger partial charge in [-0.3, -0.25) is 0 Å². The lowest BCUT2D eigenvalue weighted by atomic mass is 10.1. The summed E-state index contributed by atoms with van der Waals surface area (Å²) in [7, 11) is 0. The SMILES string of the molecule is CC(CNCC(O)CN)C(C)N=O. The molecule has 0 aromatic rings. The number of nitroso groups, excluding NO2 is 1. The third-order valence-corrected chi connectivity index (χ3v) is 2.11. The molecule has 3 atom stereocenters. The van der Waals surface area contributed by atoms with Gasteiger partial charge >= 0.3 is 0 Å². The minimum absolute atomic E-state index is 0.183. The molecule has 0 aliphatic heterocycles. The van der Waals surface area contributed by atoms with Gasteiger partial charge in [0.2, 0.25) is 0 Å².